The number of hydrogen-bond donors (Lipinski definition) is 1. The van der Waals surface area contributed by atoms with Crippen molar-refractivity contribution < 1.29 is 9.53 Å². The summed E-state index contributed by atoms with van der Waals surface area (Å²) >= 11 is 0. The number of rotatable bonds is 4. The number of pyridine rings is 1. The average Bonchev–Trinajstić information content (AvgIpc) is 3.13. The molecule has 2 aliphatic carbocycles. The van der Waals surface area contributed by atoms with Crippen LogP contribution in [0.15, 0.2) is 12.1 Å². The van der Waals surface area contributed by atoms with Crippen molar-refractivity contribution in [2.45, 2.75) is 82.0 Å². The van der Waals surface area contributed by atoms with Gasteiger partial charge in [-0.25, -0.2) is 4.98 Å². The van der Waals surface area contributed by atoms with Crippen LogP contribution in [0.2, 0.25) is 0 Å². The van der Waals surface area contributed by atoms with Gasteiger partial charge in [-0.1, -0.05) is 44.9 Å². The molecule has 0 spiro atoms. The third kappa shape index (κ3) is 4.77. The Morgan fingerprint density at radius 3 is 2.40 bits per heavy atom. The molecule has 0 unspecified atom stereocenters. The topological polar surface area (TPSA) is 51.2 Å². The zero-order valence-corrected chi connectivity index (χ0v) is 15.8. The standard InChI is InChI=1S/C20H31BN2O2/c1-25-16-13-17(15-9-5-6-10-15)22-18(14-16)19(24)23-20(21)11-7-3-2-4-8-12-20/h13-15H,2-12,21H2,1H3,(H,23,24). The van der Waals surface area contributed by atoms with Crippen molar-refractivity contribution in [3.8, 4) is 5.75 Å². The summed E-state index contributed by atoms with van der Waals surface area (Å²) in [5, 5.41) is 3.29. The largest absolute Gasteiger partial charge is 0.497 e. The van der Waals surface area contributed by atoms with E-state index in [0.717, 1.165) is 24.3 Å². The first kappa shape index (κ1) is 18.3. The van der Waals surface area contributed by atoms with Gasteiger partial charge in [0.25, 0.3) is 5.91 Å². The molecule has 0 bridgehead atoms. The van der Waals surface area contributed by atoms with E-state index in [-0.39, 0.29) is 11.3 Å². The van der Waals surface area contributed by atoms with Crippen LogP contribution in [0.4, 0.5) is 0 Å². The highest BCUT2D eigenvalue weighted by Gasteiger charge is 2.28. The van der Waals surface area contributed by atoms with Crippen molar-refractivity contribution in [1.82, 2.24) is 10.3 Å². The van der Waals surface area contributed by atoms with Gasteiger partial charge < -0.3 is 10.1 Å². The fourth-order valence-corrected chi connectivity index (χ4v) is 4.34. The zero-order chi connectivity index (χ0) is 17.7. The summed E-state index contributed by atoms with van der Waals surface area (Å²) in [6.45, 7) is 0. The summed E-state index contributed by atoms with van der Waals surface area (Å²) in [7, 11) is 3.85. The van der Waals surface area contributed by atoms with Crippen molar-refractivity contribution in [3.05, 3.63) is 23.5 Å². The summed E-state index contributed by atoms with van der Waals surface area (Å²) < 4.78 is 5.44. The molecule has 2 fully saturated rings. The number of carbonyl (C=O) groups is 1. The summed E-state index contributed by atoms with van der Waals surface area (Å²) in [4.78, 5) is 17.6. The lowest BCUT2D eigenvalue weighted by atomic mass is 9.69. The van der Waals surface area contributed by atoms with Crippen LogP contribution in [0.5, 0.6) is 5.75 Å². The van der Waals surface area contributed by atoms with Crippen LogP contribution in [-0.4, -0.2) is 31.3 Å². The van der Waals surface area contributed by atoms with E-state index in [9.17, 15) is 4.79 Å². The molecule has 2 saturated carbocycles. The molecule has 1 aromatic heterocycles. The Morgan fingerprint density at radius 2 is 1.76 bits per heavy atom. The maximum Gasteiger partial charge on any atom is 0.269 e. The average molecular weight is 342 g/mol. The van der Waals surface area contributed by atoms with Crippen molar-refractivity contribution in [1.29, 1.82) is 0 Å². The SMILES string of the molecule is BC1(NC(=O)c2cc(OC)cc(C3CCCC3)n2)CCCCCCC1. The Morgan fingerprint density at radius 1 is 1.12 bits per heavy atom. The summed E-state index contributed by atoms with van der Waals surface area (Å²) in [6.07, 6.45) is 13.2. The first-order valence-electron chi connectivity index (χ1n) is 9.98. The minimum absolute atomic E-state index is 0.0544. The number of ether oxygens (including phenoxy) is 1. The zero-order valence-electron chi connectivity index (χ0n) is 15.8. The van der Waals surface area contributed by atoms with Gasteiger partial charge in [-0.15, -0.1) is 0 Å². The summed E-state index contributed by atoms with van der Waals surface area (Å²) in [5.41, 5.74) is 1.41. The number of nitrogens with zero attached hydrogens (tertiary/aromatic N) is 1. The van der Waals surface area contributed by atoms with Crippen LogP contribution in [0.25, 0.3) is 0 Å². The Kier molecular flexibility index (Phi) is 6.03. The molecule has 1 heterocycles. The second-order valence-corrected chi connectivity index (χ2v) is 8.08. The number of amides is 1. The molecule has 1 aromatic rings. The minimum Gasteiger partial charge on any atom is -0.497 e. The highest BCUT2D eigenvalue weighted by molar-refractivity contribution is 6.17. The van der Waals surface area contributed by atoms with Crippen molar-refractivity contribution in [2.75, 3.05) is 7.11 Å². The molecule has 0 aromatic carbocycles. The van der Waals surface area contributed by atoms with Gasteiger partial charge in [-0.3, -0.25) is 4.79 Å². The lowest BCUT2D eigenvalue weighted by molar-refractivity contribution is 0.0912. The van der Waals surface area contributed by atoms with Crippen LogP contribution >= 0.6 is 0 Å². The number of nitrogens with one attached hydrogen (secondary N) is 1. The third-order valence-electron chi connectivity index (χ3n) is 5.93. The van der Waals surface area contributed by atoms with Gasteiger partial charge in [-0.2, -0.15) is 0 Å². The molecular formula is C20H31BN2O2. The lowest BCUT2D eigenvalue weighted by Gasteiger charge is -2.33. The monoisotopic (exact) mass is 342 g/mol. The van der Waals surface area contributed by atoms with E-state index < -0.39 is 0 Å². The van der Waals surface area contributed by atoms with Crippen LogP contribution in [0.3, 0.4) is 0 Å². The van der Waals surface area contributed by atoms with Gasteiger partial charge in [0.2, 0.25) is 0 Å². The van der Waals surface area contributed by atoms with Gasteiger partial charge in [0.15, 0.2) is 0 Å². The van der Waals surface area contributed by atoms with E-state index in [4.69, 9.17) is 9.72 Å². The molecule has 25 heavy (non-hydrogen) atoms. The highest BCUT2D eigenvalue weighted by Crippen LogP contribution is 2.34. The molecule has 5 heteroatoms. The molecule has 2 aliphatic rings. The van der Waals surface area contributed by atoms with Gasteiger partial charge in [0, 0.05) is 29.2 Å². The molecule has 0 atom stereocenters. The molecule has 3 rings (SSSR count). The van der Waals surface area contributed by atoms with Crippen LogP contribution < -0.4 is 10.1 Å². The fraction of sp³-hybridized carbons (Fsp3) is 0.700. The Balaban J connectivity index is 1.77. The van der Waals surface area contributed by atoms with Crippen molar-refractivity contribution >= 4 is 13.8 Å². The number of carbonyl (C=O) groups excluding carboxylic acids is 1. The van der Waals surface area contributed by atoms with E-state index in [1.54, 1.807) is 13.2 Å². The van der Waals surface area contributed by atoms with Gasteiger partial charge >= 0.3 is 0 Å². The van der Waals surface area contributed by atoms with Crippen LogP contribution in [-0.2, 0) is 0 Å². The maximum absolute atomic E-state index is 12.9. The predicted molar refractivity (Wildman–Crippen MR) is 103 cm³/mol. The Hall–Kier alpha value is -1.52. The highest BCUT2D eigenvalue weighted by atomic mass is 16.5. The van der Waals surface area contributed by atoms with Crippen LogP contribution in [0.1, 0.15) is 92.7 Å². The van der Waals surface area contributed by atoms with Crippen molar-refractivity contribution in [2.24, 2.45) is 0 Å². The Bertz CT molecular complexity index is 591. The minimum atomic E-state index is -0.115. The third-order valence-corrected chi connectivity index (χ3v) is 5.93. The molecule has 0 radical (unpaired) electrons. The molecule has 136 valence electrons. The number of methoxy groups -OCH3 is 1. The molecule has 0 saturated heterocycles. The van der Waals surface area contributed by atoms with E-state index in [1.807, 2.05) is 6.07 Å². The first-order valence-corrected chi connectivity index (χ1v) is 9.98. The Labute approximate surface area is 152 Å². The summed E-state index contributed by atoms with van der Waals surface area (Å²) in [5.74, 6) is 1.16. The van der Waals surface area contributed by atoms with Crippen LogP contribution in [0, 0.1) is 0 Å². The normalized spacial score (nSPS) is 21.3. The van der Waals surface area contributed by atoms with Gasteiger partial charge in [0.1, 0.15) is 19.3 Å². The fourth-order valence-electron chi connectivity index (χ4n) is 4.34. The van der Waals surface area contributed by atoms with E-state index >= 15 is 0 Å². The number of hydrogen-bond acceptors (Lipinski definition) is 3. The van der Waals surface area contributed by atoms with Crippen molar-refractivity contribution in [3.63, 3.8) is 0 Å². The lowest BCUT2D eigenvalue weighted by Crippen LogP contribution is -2.49. The predicted octanol–water partition coefficient (Wildman–Crippen LogP) is 3.55. The summed E-state index contributed by atoms with van der Waals surface area (Å²) in [6, 6.07) is 3.78. The van der Waals surface area contributed by atoms with Gasteiger partial charge in [0.05, 0.1) is 7.11 Å². The number of aromatic nitrogens is 1. The molecular weight excluding hydrogens is 311 g/mol. The maximum atomic E-state index is 12.9. The molecule has 4 nitrogen and oxygen atoms in total. The quantitative estimate of drug-likeness (QED) is 0.852. The second kappa shape index (κ2) is 8.24. The van der Waals surface area contributed by atoms with E-state index in [1.165, 1.54) is 57.8 Å². The molecule has 0 aliphatic heterocycles. The van der Waals surface area contributed by atoms with Gasteiger partial charge in [-0.05, 0) is 25.7 Å². The van der Waals surface area contributed by atoms with E-state index in [0.29, 0.717) is 11.6 Å². The first-order chi connectivity index (χ1) is 12.1. The van der Waals surface area contributed by atoms with E-state index in [2.05, 4.69) is 13.2 Å². The molecule has 1 amide bonds. The second-order valence-electron chi connectivity index (χ2n) is 8.08. The smallest absolute Gasteiger partial charge is 0.269 e. The molecule has 1 N–H and O–H groups in total.